The summed E-state index contributed by atoms with van der Waals surface area (Å²) in [5, 5.41) is 4.15. The molecule has 0 unspecified atom stereocenters. The molecule has 0 aliphatic rings. The van der Waals surface area contributed by atoms with E-state index in [9.17, 15) is 0 Å². The number of hydrogen-bond donors (Lipinski definition) is 1. The summed E-state index contributed by atoms with van der Waals surface area (Å²) in [5.74, 6) is 0.719. The lowest BCUT2D eigenvalue weighted by Gasteiger charge is -2.02. The van der Waals surface area contributed by atoms with Gasteiger partial charge in [0.15, 0.2) is 0 Å². The molecule has 0 aliphatic heterocycles. The van der Waals surface area contributed by atoms with E-state index in [4.69, 9.17) is 0 Å². The minimum atomic E-state index is 0.719. The molecule has 1 N–H and O–H groups in total. The second kappa shape index (κ2) is 6.19. The molecule has 76 valence electrons. The molecule has 2 heteroatoms. The fraction of sp³-hybridized carbons (Fsp3) is 0.417. The molecule has 1 aromatic rings. The van der Waals surface area contributed by atoms with Gasteiger partial charge in [0.25, 0.3) is 0 Å². The summed E-state index contributed by atoms with van der Waals surface area (Å²) < 4.78 is 0. The van der Waals surface area contributed by atoms with Crippen molar-refractivity contribution in [2.45, 2.75) is 26.7 Å². The maximum atomic E-state index is 4.15. The van der Waals surface area contributed by atoms with Crippen molar-refractivity contribution in [1.29, 1.82) is 0 Å². The predicted molar refractivity (Wildman–Crippen MR) is 62.6 cm³/mol. The average Bonchev–Trinajstić information content (AvgIpc) is 2.25. The summed E-state index contributed by atoms with van der Waals surface area (Å²) in [5.41, 5.74) is 4.03. The van der Waals surface area contributed by atoms with Gasteiger partial charge in [-0.2, -0.15) is 5.10 Å². The molecule has 1 atom stereocenters. The third-order valence-electron chi connectivity index (χ3n) is 2.26. The Morgan fingerprint density at radius 3 is 2.71 bits per heavy atom. The summed E-state index contributed by atoms with van der Waals surface area (Å²) in [6.07, 6.45) is 4.19. The van der Waals surface area contributed by atoms with Crippen LogP contribution in [-0.2, 0) is 0 Å². The first-order valence-electron chi connectivity index (χ1n) is 5.15. The number of nitrogens with one attached hydrogen (secondary N) is 1. The molecule has 0 spiro atoms. The Balaban J connectivity index is 2.27. The molecular weight excluding hydrogens is 172 g/mol. The molecule has 14 heavy (non-hydrogen) atoms. The van der Waals surface area contributed by atoms with Crippen LogP contribution in [0.5, 0.6) is 0 Å². The van der Waals surface area contributed by atoms with Gasteiger partial charge in [-0.1, -0.05) is 38.5 Å². The Morgan fingerprint density at radius 1 is 1.36 bits per heavy atom. The normalized spacial score (nSPS) is 13.0. The van der Waals surface area contributed by atoms with Crippen molar-refractivity contribution in [3.8, 4) is 0 Å². The van der Waals surface area contributed by atoms with Crippen LogP contribution in [0.25, 0.3) is 0 Å². The van der Waals surface area contributed by atoms with Crippen molar-refractivity contribution < 1.29 is 0 Å². The highest BCUT2D eigenvalue weighted by molar-refractivity contribution is 5.59. The molecule has 0 amide bonds. The smallest absolute Gasteiger partial charge is 0.0561 e. The van der Waals surface area contributed by atoms with Crippen molar-refractivity contribution in [1.82, 2.24) is 0 Å². The first kappa shape index (κ1) is 10.8. The van der Waals surface area contributed by atoms with Gasteiger partial charge >= 0.3 is 0 Å². The van der Waals surface area contributed by atoms with Crippen LogP contribution >= 0.6 is 0 Å². The number of hydrazone groups is 1. The average molecular weight is 190 g/mol. The van der Waals surface area contributed by atoms with Gasteiger partial charge in [-0.15, -0.1) is 0 Å². The van der Waals surface area contributed by atoms with E-state index in [1.165, 1.54) is 6.42 Å². The van der Waals surface area contributed by atoms with Crippen LogP contribution in [-0.4, -0.2) is 6.21 Å². The number of hydrogen-bond acceptors (Lipinski definition) is 2. The fourth-order valence-electron chi connectivity index (χ4n) is 1.03. The molecular formula is C12H18N2. The molecule has 0 saturated carbocycles. The topological polar surface area (TPSA) is 24.4 Å². The molecule has 0 heterocycles. The number of rotatable bonds is 5. The fourth-order valence-corrected chi connectivity index (χ4v) is 1.03. The maximum Gasteiger partial charge on any atom is 0.0561 e. The summed E-state index contributed by atoms with van der Waals surface area (Å²) in [6.45, 7) is 4.43. The van der Waals surface area contributed by atoms with Gasteiger partial charge in [-0.25, -0.2) is 0 Å². The largest absolute Gasteiger partial charge is 0.279 e. The van der Waals surface area contributed by atoms with E-state index >= 15 is 0 Å². The first-order chi connectivity index (χ1) is 6.83. The van der Waals surface area contributed by atoms with Gasteiger partial charge in [-0.3, -0.25) is 5.43 Å². The van der Waals surface area contributed by atoms with E-state index in [2.05, 4.69) is 24.4 Å². The van der Waals surface area contributed by atoms with E-state index in [0.717, 1.165) is 18.0 Å². The molecule has 0 radical (unpaired) electrons. The summed E-state index contributed by atoms with van der Waals surface area (Å²) in [4.78, 5) is 0. The van der Waals surface area contributed by atoms with Gasteiger partial charge in [0, 0.05) is 6.21 Å². The summed E-state index contributed by atoms with van der Waals surface area (Å²) in [6, 6.07) is 9.98. The molecule has 0 saturated heterocycles. The monoisotopic (exact) mass is 190 g/mol. The Labute approximate surface area is 86.0 Å². The number of nitrogens with zero attached hydrogens (tertiary/aromatic N) is 1. The molecule has 1 aromatic carbocycles. The third-order valence-corrected chi connectivity index (χ3v) is 2.26. The Kier molecular flexibility index (Phi) is 4.76. The number of para-hydroxylation sites is 1. The molecule has 1 rings (SSSR count). The van der Waals surface area contributed by atoms with E-state index < -0.39 is 0 Å². The highest BCUT2D eigenvalue weighted by Gasteiger charge is 1.93. The number of benzene rings is 1. The van der Waals surface area contributed by atoms with Crippen LogP contribution in [0.1, 0.15) is 26.7 Å². The standard InChI is InChI=1S/C12H18N2/c1-3-11(2)9-10-13-14-12-7-5-4-6-8-12/h4-8,10-11,14H,3,9H2,1-2H3/b13-10+/t11-/m0/s1. The van der Waals surface area contributed by atoms with Gasteiger partial charge in [0.1, 0.15) is 0 Å². The zero-order valence-corrected chi connectivity index (χ0v) is 8.90. The van der Waals surface area contributed by atoms with E-state index in [1.54, 1.807) is 0 Å². The lowest BCUT2D eigenvalue weighted by atomic mass is 10.1. The second-order valence-corrected chi connectivity index (χ2v) is 3.54. The molecule has 2 nitrogen and oxygen atoms in total. The molecule has 0 fully saturated rings. The first-order valence-corrected chi connectivity index (χ1v) is 5.15. The van der Waals surface area contributed by atoms with Crippen LogP contribution in [0, 0.1) is 5.92 Å². The summed E-state index contributed by atoms with van der Waals surface area (Å²) >= 11 is 0. The highest BCUT2D eigenvalue weighted by atomic mass is 15.3. The van der Waals surface area contributed by atoms with Gasteiger partial charge in [0.05, 0.1) is 5.69 Å². The second-order valence-electron chi connectivity index (χ2n) is 3.54. The van der Waals surface area contributed by atoms with Crippen molar-refractivity contribution in [3.05, 3.63) is 30.3 Å². The zero-order valence-electron chi connectivity index (χ0n) is 8.90. The molecule has 0 aromatic heterocycles. The quantitative estimate of drug-likeness (QED) is 0.557. The lowest BCUT2D eigenvalue weighted by molar-refractivity contribution is 0.591. The molecule has 0 bridgehead atoms. The highest BCUT2D eigenvalue weighted by Crippen LogP contribution is 2.06. The molecule has 0 aliphatic carbocycles. The maximum absolute atomic E-state index is 4.15. The zero-order chi connectivity index (χ0) is 10.2. The predicted octanol–water partition coefficient (Wildman–Crippen LogP) is 3.52. The van der Waals surface area contributed by atoms with E-state index in [1.807, 2.05) is 36.5 Å². The Bertz CT molecular complexity index is 267. The van der Waals surface area contributed by atoms with Gasteiger partial charge in [-0.05, 0) is 24.5 Å². The van der Waals surface area contributed by atoms with Crippen LogP contribution in [0.3, 0.4) is 0 Å². The van der Waals surface area contributed by atoms with E-state index in [-0.39, 0.29) is 0 Å². The van der Waals surface area contributed by atoms with E-state index in [0.29, 0.717) is 0 Å². The lowest BCUT2D eigenvalue weighted by Crippen LogP contribution is -1.94. The van der Waals surface area contributed by atoms with Crippen LogP contribution in [0.4, 0.5) is 5.69 Å². The SMILES string of the molecule is CC[C@H](C)C/C=N/Nc1ccccc1. The minimum absolute atomic E-state index is 0.719. The van der Waals surface area contributed by atoms with Gasteiger partial charge in [0.2, 0.25) is 0 Å². The summed E-state index contributed by atoms with van der Waals surface area (Å²) in [7, 11) is 0. The van der Waals surface area contributed by atoms with Crippen LogP contribution in [0.2, 0.25) is 0 Å². The van der Waals surface area contributed by atoms with Gasteiger partial charge < -0.3 is 0 Å². The van der Waals surface area contributed by atoms with Crippen molar-refractivity contribution in [2.75, 3.05) is 5.43 Å². The van der Waals surface area contributed by atoms with Crippen molar-refractivity contribution in [3.63, 3.8) is 0 Å². The Morgan fingerprint density at radius 2 is 2.07 bits per heavy atom. The third kappa shape index (κ3) is 4.08. The van der Waals surface area contributed by atoms with Crippen LogP contribution < -0.4 is 5.43 Å². The van der Waals surface area contributed by atoms with Crippen molar-refractivity contribution in [2.24, 2.45) is 11.0 Å². The van der Waals surface area contributed by atoms with Crippen molar-refractivity contribution >= 4 is 11.9 Å². The Hall–Kier alpha value is -1.31. The van der Waals surface area contributed by atoms with Crippen LogP contribution in [0.15, 0.2) is 35.4 Å². The minimum Gasteiger partial charge on any atom is -0.279 e. The number of anilines is 1.